The van der Waals surface area contributed by atoms with E-state index in [0.717, 1.165) is 17.0 Å². The van der Waals surface area contributed by atoms with Crippen LogP contribution in [0.2, 0.25) is 0 Å². The predicted octanol–water partition coefficient (Wildman–Crippen LogP) is 2.23. The normalized spacial score (nSPS) is 11.0. The summed E-state index contributed by atoms with van der Waals surface area (Å²) >= 11 is 0. The second-order valence-electron chi connectivity index (χ2n) is 7.90. The Morgan fingerprint density at radius 2 is 1.71 bits per heavy atom. The Hall–Kier alpha value is -4.99. The molecule has 0 spiro atoms. The first-order chi connectivity index (χ1) is 16.9. The van der Waals surface area contributed by atoms with Gasteiger partial charge >= 0.3 is 0 Å². The van der Waals surface area contributed by atoms with Gasteiger partial charge < -0.3 is 10.6 Å². The van der Waals surface area contributed by atoms with E-state index >= 15 is 0 Å². The molecule has 174 valence electrons. The lowest BCUT2D eigenvalue weighted by molar-refractivity contribution is -0.115. The van der Waals surface area contributed by atoms with E-state index in [0.29, 0.717) is 11.1 Å². The molecule has 2 amide bonds. The predicted molar refractivity (Wildman–Crippen MR) is 132 cm³/mol. The molecule has 0 aliphatic heterocycles. The van der Waals surface area contributed by atoms with Gasteiger partial charge in [0.05, 0.1) is 34.0 Å². The summed E-state index contributed by atoms with van der Waals surface area (Å²) in [5.74, 6) is -0.205. The van der Waals surface area contributed by atoms with Gasteiger partial charge in [0.2, 0.25) is 5.91 Å². The Bertz CT molecular complexity index is 1720. The zero-order chi connectivity index (χ0) is 24.5. The lowest BCUT2D eigenvalue weighted by Crippen LogP contribution is -2.33. The van der Waals surface area contributed by atoms with E-state index in [9.17, 15) is 19.2 Å². The van der Waals surface area contributed by atoms with Gasteiger partial charge in [-0.3, -0.25) is 33.9 Å². The first-order valence-electron chi connectivity index (χ1n) is 10.8. The van der Waals surface area contributed by atoms with Gasteiger partial charge in [0.15, 0.2) is 0 Å². The molecule has 10 nitrogen and oxygen atoms in total. The van der Waals surface area contributed by atoms with Crippen LogP contribution in [0.5, 0.6) is 0 Å². The molecule has 10 heteroatoms. The number of carbonyl (C=O) groups is 2. The Labute approximate surface area is 197 Å². The number of hydrogen-bond donors (Lipinski definition) is 4. The standard InChI is InChI=1S/C25H20N6O4/c1-14-27-19-12-15(10-11-20(19)31(14)16-6-3-2-4-7-16)23(33)26-13-21(32)28-18-9-5-8-17-22(18)25(35)30-29-24(17)34/h2-12H,13H2,1H3,(H,26,33)(H,28,32)(H,29,34)(H,30,35). The zero-order valence-corrected chi connectivity index (χ0v) is 18.6. The summed E-state index contributed by atoms with van der Waals surface area (Å²) in [7, 11) is 0. The summed E-state index contributed by atoms with van der Waals surface area (Å²) in [6.45, 7) is 1.56. The third-order valence-corrected chi connectivity index (χ3v) is 5.61. The summed E-state index contributed by atoms with van der Waals surface area (Å²) in [4.78, 5) is 53.8. The van der Waals surface area contributed by atoms with Crippen molar-refractivity contribution in [3.05, 3.63) is 98.8 Å². The van der Waals surface area contributed by atoms with Gasteiger partial charge in [0, 0.05) is 11.3 Å². The van der Waals surface area contributed by atoms with Crippen molar-refractivity contribution < 1.29 is 9.59 Å². The number of carbonyl (C=O) groups excluding carboxylic acids is 2. The highest BCUT2D eigenvalue weighted by molar-refractivity contribution is 6.04. The molecule has 0 bridgehead atoms. The molecule has 35 heavy (non-hydrogen) atoms. The highest BCUT2D eigenvalue weighted by Gasteiger charge is 2.15. The lowest BCUT2D eigenvalue weighted by atomic mass is 10.1. The van der Waals surface area contributed by atoms with Crippen LogP contribution in [0.25, 0.3) is 27.5 Å². The van der Waals surface area contributed by atoms with Gasteiger partial charge in [-0.05, 0) is 49.4 Å². The molecule has 2 aromatic heterocycles. The number of hydrogen-bond acceptors (Lipinski definition) is 5. The van der Waals surface area contributed by atoms with Gasteiger partial charge in [-0.15, -0.1) is 0 Å². The Balaban J connectivity index is 1.32. The minimum atomic E-state index is -0.546. The van der Waals surface area contributed by atoms with Gasteiger partial charge in [-0.25, -0.2) is 4.98 Å². The third-order valence-electron chi connectivity index (χ3n) is 5.61. The Morgan fingerprint density at radius 3 is 2.51 bits per heavy atom. The average molecular weight is 468 g/mol. The number of fused-ring (bicyclic) bond motifs is 2. The highest BCUT2D eigenvalue weighted by atomic mass is 16.2. The van der Waals surface area contributed by atoms with Crippen LogP contribution in [0.3, 0.4) is 0 Å². The number of aryl methyl sites for hydroxylation is 1. The number of H-pyrrole nitrogens is 2. The Morgan fingerprint density at radius 1 is 0.943 bits per heavy atom. The number of nitrogens with zero attached hydrogens (tertiary/aromatic N) is 2. The third kappa shape index (κ3) is 4.08. The molecule has 0 aliphatic carbocycles. The molecule has 5 rings (SSSR count). The molecule has 2 heterocycles. The number of benzene rings is 3. The van der Waals surface area contributed by atoms with Crippen molar-refractivity contribution in [2.75, 3.05) is 11.9 Å². The van der Waals surface area contributed by atoms with Crippen molar-refractivity contribution in [3.63, 3.8) is 0 Å². The molecule has 3 aromatic carbocycles. The van der Waals surface area contributed by atoms with E-state index in [1.165, 1.54) is 12.1 Å². The van der Waals surface area contributed by atoms with Gasteiger partial charge in [0.1, 0.15) is 5.82 Å². The minimum Gasteiger partial charge on any atom is -0.343 e. The molecule has 0 unspecified atom stereocenters. The fourth-order valence-corrected chi connectivity index (χ4v) is 4.04. The van der Waals surface area contributed by atoms with Crippen molar-refractivity contribution in [3.8, 4) is 5.69 Å². The van der Waals surface area contributed by atoms with E-state index in [2.05, 4.69) is 25.8 Å². The first kappa shape index (κ1) is 21.8. The van der Waals surface area contributed by atoms with Crippen molar-refractivity contribution in [2.45, 2.75) is 6.92 Å². The van der Waals surface area contributed by atoms with Crippen LogP contribution in [0.1, 0.15) is 16.2 Å². The number of aromatic amines is 2. The average Bonchev–Trinajstić information content (AvgIpc) is 3.20. The Kier molecular flexibility index (Phi) is 5.46. The molecule has 0 aliphatic rings. The van der Waals surface area contributed by atoms with Crippen LogP contribution in [0, 0.1) is 6.92 Å². The van der Waals surface area contributed by atoms with E-state index in [-0.39, 0.29) is 23.0 Å². The molecular weight excluding hydrogens is 448 g/mol. The van der Waals surface area contributed by atoms with Crippen molar-refractivity contribution in [1.82, 2.24) is 25.1 Å². The number of nitrogens with one attached hydrogen (secondary N) is 4. The van der Waals surface area contributed by atoms with Crippen LogP contribution in [-0.2, 0) is 4.79 Å². The van der Waals surface area contributed by atoms with E-state index in [4.69, 9.17) is 0 Å². The smallest absolute Gasteiger partial charge is 0.272 e. The second-order valence-corrected chi connectivity index (χ2v) is 7.90. The number of imidazole rings is 1. The fourth-order valence-electron chi connectivity index (χ4n) is 4.04. The SMILES string of the molecule is Cc1nc2cc(C(=O)NCC(=O)Nc3cccc4c(=O)[nH][nH]c(=O)c34)ccc2n1-c1ccccc1. The van der Waals surface area contributed by atoms with E-state index < -0.39 is 22.9 Å². The molecular formula is C25H20N6O4. The molecule has 0 saturated carbocycles. The zero-order valence-electron chi connectivity index (χ0n) is 18.6. The first-order valence-corrected chi connectivity index (χ1v) is 10.8. The van der Waals surface area contributed by atoms with Crippen molar-refractivity contribution in [2.24, 2.45) is 0 Å². The summed E-state index contributed by atoms with van der Waals surface area (Å²) in [5, 5.41) is 9.83. The van der Waals surface area contributed by atoms with Gasteiger partial charge in [0.25, 0.3) is 17.0 Å². The van der Waals surface area contributed by atoms with Crippen molar-refractivity contribution in [1.29, 1.82) is 0 Å². The molecule has 0 saturated heterocycles. The number of rotatable bonds is 5. The maximum atomic E-state index is 12.7. The largest absolute Gasteiger partial charge is 0.343 e. The van der Waals surface area contributed by atoms with Crippen LogP contribution in [0.4, 0.5) is 5.69 Å². The van der Waals surface area contributed by atoms with E-state index in [1.54, 1.807) is 18.2 Å². The highest BCUT2D eigenvalue weighted by Crippen LogP contribution is 2.22. The summed E-state index contributed by atoms with van der Waals surface area (Å²) in [6, 6.07) is 19.5. The number of aromatic nitrogens is 4. The molecule has 4 N–H and O–H groups in total. The lowest BCUT2D eigenvalue weighted by Gasteiger charge is -2.09. The number of amides is 2. The quantitative estimate of drug-likeness (QED) is 0.313. The number of para-hydroxylation sites is 1. The van der Waals surface area contributed by atoms with Crippen LogP contribution in [-0.4, -0.2) is 38.1 Å². The second kappa shape index (κ2) is 8.75. The maximum absolute atomic E-state index is 12.7. The molecule has 0 atom stereocenters. The maximum Gasteiger partial charge on any atom is 0.272 e. The van der Waals surface area contributed by atoms with Gasteiger partial charge in [-0.1, -0.05) is 24.3 Å². The summed E-state index contributed by atoms with van der Waals surface area (Å²) in [6.07, 6.45) is 0. The van der Waals surface area contributed by atoms with Crippen LogP contribution >= 0.6 is 0 Å². The topological polar surface area (TPSA) is 142 Å². The molecule has 5 aromatic rings. The minimum absolute atomic E-state index is 0.0609. The molecule has 0 radical (unpaired) electrons. The molecule has 0 fully saturated rings. The van der Waals surface area contributed by atoms with Crippen molar-refractivity contribution >= 4 is 39.3 Å². The van der Waals surface area contributed by atoms with Gasteiger partial charge in [-0.2, -0.15) is 0 Å². The fraction of sp³-hybridized carbons (Fsp3) is 0.0800. The number of anilines is 1. The summed E-state index contributed by atoms with van der Waals surface area (Å²) in [5.41, 5.74) is 1.99. The van der Waals surface area contributed by atoms with E-state index in [1.807, 2.05) is 47.9 Å². The summed E-state index contributed by atoms with van der Waals surface area (Å²) < 4.78 is 2.00. The van der Waals surface area contributed by atoms with Crippen LogP contribution in [0.15, 0.2) is 76.3 Å². The van der Waals surface area contributed by atoms with Crippen LogP contribution < -0.4 is 21.8 Å². The monoisotopic (exact) mass is 468 g/mol.